The van der Waals surface area contributed by atoms with E-state index in [0.717, 1.165) is 23.4 Å². The van der Waals surface area contributed by atoms with Crippen LogP contribution in [-0.2, 0) is 42.0 Å². The first-order chi connectivity index (χ1) is 19.5. The third kappa shape index (κ3) is 5.48. The Hall–Kier alpha value is -2.62. The van der Waals surface area contributed by atoms with Gasteiger partial charge in [-0.05, 0) is 30.4 Å². The molecule has 1 aliphatic carbocycles. The van der Waals surface area contributed by atoms with Gasteiger partial charge in [0.15, 0.2) is 0 Å². The van der Waals surface area contributed by atoms with Gasteiger partial charge in [-0.25, -0.2) is 8.42 Å². The minimum atomic E-state index is -3.76. The van der Waals surface area contributed by atoms with Crippen molar-refractivity contribution in [3.05, 3.63) is 35.4 Å². The summed E-state index contributed by atoms with van der Waals surface area (Å²) in [5.74, 6) is -1.17. The second-order valence-corrected chi connectivity index (χ2v) is 13.8. The highest BCUT2D eigenvalue weighted by Crippen LogP contribution is 2.32. The lowest BCUT2D eigenvalue weighted by molar-refractivity contribution is -0.141. The zero-order valence-electron chi connectivity index (χ0n) is 22.9. The van der Waals surface area contributed by atoms with Crippen LogP contribution < -0.4 is 10.6 Å². The molecular formula is C27H37N5O8S. The maximum absolute atomic E-state index is 14.1. The van der Waals surface area contributed by atoms with Crippen LogP contribution in [0, 0.1) is 0 Å². The molecule has 0 spiro atoms. The molecule has 7 atom stereocenters. The number of amides is 3. The van der Waals surface area contributed by atoms with Gasteiger partial charge in [-0.2, -0.15) is 4.31 Å². The topological polar surface area (TPSA) is 169 Å². The van der Waals surface area contributed by atoms with E-state index in [1.165, 1.54) is 11.1 Å². The van der Waals surface area contributed by atoms with E-state index in [4.69, 9.17) is 4.74 Å². The molecule has 4 saturated heterocycles. The summed E-state index contributed by atoms with van der Waals surface area (Å²) < 4.78 is 32.0. The van der Waals surface area contributed by atoms with Crippen molar-refractivity contribution < 1.29 is 37.8 Å². The Labute approximate surface area is 238 Å². The minimum Gasteiger partial charge on any atom is -0.388 e. The fourth-order valence-electron chi connectivity index (χ4n) is 7.12. The van der Waals surface area contributed by atoms with Gasteiger partial charge in [-0.1, -0.05) is 24.3 Å². The summed E-state index contributed by atoms with van der Waals surface area (Å²) in [6.07, 6.45) is -1.88. The van der Waals surface area contributed by atoms with Crippen molar-refractivity contribution in [2.45, 2.75) is 74.3 Å². The first kappa shape index (κ1) is 28.5. The van der Waals surface area contributed by atoms with Crippen LogP contribution >= 0.6 is 0 Å². The number of benzene rings is 1. The predicted molar refractivity (Wildman–Crippen MR) is 145 cm³/mol. The third-order valence-corrected chi connectivity index (χ3v) is 10.5. The van der Waals surface area contributed by atoms with Crippen molar-refractivity contribution in [3.63, 3.8) is 0 Å². The number of aliphatic hydroxyl groups is 2. The van der Waals surface area contributed by atoms with E-state index in [2.05, 4.69) is 27.7 Å². The number of carbonyl (C=O) groups is 3. The first-order valence-corrected chi connectivity index (χ1v) is 16.0. The quantitative estimate of drug-likeness (QED) is 0.284. The standard InChI is InChI=1S/C27H37N5O8S/c1-41(38,39)32-7-6-30-14-20(32)26(36)28-12-22-25(35)24(34)21(40-22)11-23(33)29-17-10-19(27(30)37)31(13-17)18-8-15-4-2-3-5-16(15)9-18/h2-5,17-22,24-25,34-35H,6-14H2,1H3,(H,28,36)(H,29,33)/t17-,19-,20-,21-,22+,24-,25+/m0/s1. The number of rotatable bonds is 2. The van der Waals surface area contributed by atoms with Gasteiger partial charge in [0.25, 0.3) is 0 Å². The fraction of sp³-hybridized carbons (Fsp3) is 0.667. The van der Waals surface area contributed by atoms with Gasteiger partial charge in [0.1, 0.15) is 24.4 Å². The van der Waals surface area contributed by atoms with Crippen LogP contribution in [0.4, 0.5) is 0 Å². The highest BCUT2D eigenvalue weighted by Gasteiger charge is 2.48. The number of carbonyl (C=O) groups excluding carboxylic acids is 3. The zero-order chi connectivity index (χ0) is 29.1. The summed E-state index contributed by atoms with van der Waals surface area (Å²) >= 11 is 0. The highest BCUT2D eigenvalue weighted by molar-refractivity contribution is 7.88. The van der Waals surface area contributed by atoms with E-state index in [-0.39, 0.29) is 56.5 Å². The molecule has 4 aliphatic heterocycles. The molecule has 4 heterocycles. The number of sulfonamides is 1. The maximum atomic E-state index is 14.1. The van der Waals surface area contributed by atoms with E-state index in [0.29, 0.717) is 13.0 Å². The second-order valence-electron chi connectivity index (χ2n) is 11.9. The van der Waals surface area contributed by atoms with Gasteiger partial charge in [-0.15, -0.1) is 0 Å². The van der Waals surface area contributed by atoms with E-state index in [1.54, 1.807) is 4.90 Å². The van der Waals surface area contributed by atoms with Crippen molar-refractivity contribution >= 4 is 27.7 Å². The Morgan fingerprint density at radius 3 is 2.29 bits per heavy atom. The monoisotopic (exact) mass is 591 g/mol. The maximum Gasteiger partial charge on any atom is 0.240 e. The summed E-state index contributed by atoms with van der Waals surface area (Å²) in [6.45, 7) is 0.239. The molecule has 224 valence electrons. The van der Waals surface area contributed by atoms with Gasteiger partial charge < -0.3 is 30.5 Å². The van der Waals surface area contributed by atoms with Crippen molar-refractivity contribution in [1.29, 1.82) is 0 Å². The van der Waals surface area contributed by atoms with Crippen molar-refractivity contribution in [2.75, 3.05) is 39.0 Å². The number of piperazine rings is 1. The fourth-order valence-corrected chi connectivity index (χ4v) is 8.16. The van der Waals surface area contributed by atoms with Crippen LogP contribution in [-0.4, -0.2) is 138 Å². The molecule has 14 heteroatoms. The van der Waals surface area contributed by atoms with Crippen LogP contribution in [0.15, 0.2) is 24.3 Å². The molecule has 0 radical (unpaired) electrons. The Balaban J connectivity index is 1.30. The number of ether oxygens (including phenoxy) is 1. The number of aliphatic hydroxyl groups excluding tert-OH is 2. The van der Waals surface area contributed by atoms with E-state index < -0.39 is 52.4 Å². The summed E-state index contributed by atoms with van der Waals surface area (Å²) in [5.41, 5.74) is 2.46. The molecule has 6 rings (SSSR count). The largest absolute Gasteiger partial charge is 0.388 e. The molecule has 13 nitrogen and oxygen atoms in total. The first-order valence-electron chi connectivity index (χ1n) is 14.2. The predicted octanol–water partition coefficient (Wildman–Crippen LogP) is -2.81. The van der Waals surface area contributed by atoms with Crippen LogP contribution in [0.2, 0.25) is 0 Å². The SMILES string of the molecule is CS(=O)(=O)N1CCN2C[C@H]1C(=O)NC[C@H]1O[C@@H](CC(=O)N[C@H]3C[C@@H](C2=O)N(C2Cc4ccccc4C2)C3)[C@H](O)[C@@H]1O. The molecule has 41 heavy (non-hydrogen) atoms. The number of nitrogens with one attached hydrogen (secondary N) is 2. The van der Waals surface area contributed by atoms with Crippen molar-refractivity contribution in [3.8, 4) is 0 Å². The van der Waals surface area contributed by atoms with Gasteiger partial charge in [0.2, 0.25) is 27.7 Å². The number of hydrogen-bond acceptors (Lipinski definition) is 9. The van der Waals surface area contributed by atoms with Crippen LogP contribution in [0.1, 0.15) is 24.0 Å². The normalized spacial score (nSPS) is 35.8. The van der Waals surface area contributed by atoms with Crippen molar-refractivity contribution in [2.24, 2.45) is 0 Å². The lowest BCUT2D eigenvalue weighted by atomic mass is 10.0. The average Bonchev–Trinajstić information content (AvgIpc) is 3.62. The minimum absolute atomic E-state index is 0.0340. The molecule has 5 aliphatic rings. The number of likely N-dealkylation sites (tertiary alicyclic amines) is 1. The average molecular weight is 592 g/mol. The molecule has 4 fully saturated rings. The molecule has 3 amide bonds. The van der Waals surface area contributed by atoms with Crippen molar-refractivity contribution in [1.82, 2.24) is 24.7 Å². The van der Waals surface area contributed by atoms with Crippen LogP contribution in [0.5, 0.6) is 0 Å². The molecule has 1 aromatic carbocycles. The summed E-state index contributed by atoms with van der Waals surface area (Å²) in [5, 5.41) is 26.7. The summed E-state index contributed by atoms with van der Waals surface area (Å²) in [4.78, 5) is 44.1. The molecule has 4 N–H and O–H groups in total. The molecule has 1 aromatic rings. The number of fused-ring (bicyclic) bond motifs is 7. The molecule has 0 unspecified atom stereocenters. The Kier molecular flexibility index (Phi) is 7.57. The van der Waals surface area contributed by atoms with E-state index in [9.17, 15) is 33.0 Å². The molecule has 0 saturated carbocycles. The Bertz CT molecular complexity index is 1300. The zero-order valence-corrected chi connectivity index (χ0v) is 23.7. The second kappa shape index (κ2) is 10.9. The third-order valence-electron chi connectivity index (χ3n) is 9.18. The molecule has 0 aromatic heterocycles. The molecule has 6 bridgehead atoms. The summed E-state index contributed by atoms with van der Waals surface area (Å²) in [7, 11) is -3.76. The van der Waals surface area contributed by atoms with Gasteiger partial charge >= 0.3 is 0 Å². The number of hydrogen-bond donors (Lipinski definition) is 4. The number of nitrogens with zero attached hydrogens (tertiary/aromatic N) is 3. The smallest absolute Gasteiger partial charge is 0.240 e. The van der Waals surface area contributed by atoms with Gasteiger partial charge in [0.05, 0.1) is 24.8 Å². The van der Waals surface area contributed by atoms with E-state index in [1.807, 2.05) is 12.1 Å². The lowest BCUT2D eigenvalue weighted by Gasteiger charge is -2.41. The lowest BCUT2D eigenvalue weighted by Crippen LogP contribution is -2.63. The van der Waals surface area contributed by atoms with E-state index >= 15 is 0 Å². The van der Waals surface area contributed by atoms with Crippen LogP contribution in [0.25, 0.3) is 0 Å². The summed E-state index contributed by atoms with van der Waals surface area (Å²) in [6, 6.07) is 6.18. The van der Waals surface area contributed by atoms with Gasteiger partial charge in [-0.3, -0.25) is 19.3 Å². The van der Waals surface area contributed by atoms with Gasteiger partial charge in [0, 0.05) is 44.8 Å². The highest BCUT2D eigenvalue weighted by atomic mass is 32.2. The Morgan fingerprint density at radius 2 is 1.61 bits per heavy atom. The Morgan fingerprint density at radius 1 is 0.927 bits per heavy atom. The van der Waals surface area contributed by atoms with Crippen LogP contribution in [0.3, 0.4) is 0 Å². The molecular weight excluding hydrogens is 554 g/mol.